The molecule has 1 aliphatic heterocycles. The molecule has 7 nitrogen and oxygen atoms in total. The third-order valence-electron chi connectivity index (χ3n) is 7.77. The first kappa shape index (κ1) is 25.4. The molecule has 0 N–H and O–H groups in total. The van der Waals surface area contributed by atoms with Crippen LogP contribution in [0.1, 0.15) is 43.0 Å². The van der Waals surface area contributed by atoms with Crippen LogP contribution < -0.4 is 15.1 Å². The van der Waals surface area contributed by atoms with Crippen LogP contribution >= 0.6 is 0 Å². The lowest BCUT2D eigenvalue weighted by Gasteiger charge is -2.40. The monoisotopic (exact) mass is 531 g/mol. The average molecular weight is 532 g/mol. The second-order valence-electron chi connectivity index (χ2n) is 10.4. The number of fused-ring (bicyclic) bond motifs is 1. The number of rotatable bonds is 8. The highest BCUT2D eigenvalue weighted by Gasteiger charge is 2.31. The van der Waals surface area contributed by atoms with Crippen molar-refractivity contribution in [2.45, 2.75) is 50.9 Å². The zero-order valence-electron chi connectivity index (χ0n) is 21.9. The molecule has 1 saturated carbocycles. The largest absolute Gasteiger partial charge is 0.481 e. The number of ether oxygens (including phenoxy) is 1. The summed E-state index contributed by atoms with van der Waals surface area (Å²) < 4.78 is 35.8. The van der Waals surface area contributed by atoms with E-state index in [0.29, 0.717) is 24.5 Å². The maximum atomic E-state index is 14.4. The zero-order valence-corrected chi connectivity index (χ0v) is 21.9. The standard InChI is InChI=1S/C30H31F2N5O2/c1-39-30-12-20(8-10-34-30)17-36(23-5-3-11-35(18-23)22-4-2-9-33-16-22)19-24-13-29(38)25-14-26(31)27(32)15-28(25)37(24)21-6-7-21/h2,4,8-10,12-16,21,23H,3,5-7,11,17-19H2,1H3/t23-/m0/s1. The number of methoxy groups -OCH3 is 1. The fraction of sp³-hybridized carbons (Fsp3) is 0.367. The molecule has 0 spiro atoms. The van der Waals surface area contributed by atoms with E-state index in [1.54, 1.807) is 25.6 Å². The number of nitrogens with zero attached hydrogens (tertiary/aromatic N) is 5. The quantitative estimate of drug-likeness (QED) is 0.316. The molecule has 3 aromatic heterocycles. The minimum atomic E-state index is -0.999. The Morgan fingerprint density at radius 3 is 2.67 bits per heavy atom. The SMILES string of the molecule is COc1cc(CN(Cc2cc(=O)c3cc(F)c(F)cc3n2C2CC2)[C@H]2CCCN(c3cccnc3)C2)ccn1. The lowest BCUT2D eigenvalue weighted by molar-refractivity contribution is 0.154. The van der Waals surface area contributed by atoms with E-state index in [1.807, 2.05) is 24.4 Å². The van der Waals surface area contributed by atoms with Crippen molar-refractivity contribution in [3.05, 3.63) is 94.2 Å². The molecule has 2 aliphatic rings. The van der Waals surface area contributed by atoms with Gasteiger partial charge in [0.05, 0.1) is 24.5 Å². The molecule has 0 radical (unpaired) electrons. The van der Waals surface area contributed by atoms with Crippen LogP contribution in [0, 0.1) is 11.6 Å². The Morgan fingerprint density at radius 1 is 1.05 bits per heavy atom. The van der Waals surface area contributed by atoms with E-state index in [1.165, 1.54) is 6.07 Å². The van der Waals surface area contributed by atoms with Gasteiger partial charge in [0.1, 0.15) is 0 Å². The maximum absolute atomic E-state index is 14.4. The Labute approximate surface area is 225 Å². The molecular weight excluding hydrogens is 500 g/mol. The van der Waals surface area contributed by atoms with Crippen LogP contribution in [-0.2, 0) is 13.1 Å². The van der Waals surface area contributed by atoms with Gasteiger partial charge in [0.25, 0.3) is 0 Å². The molecule has 9 heteroatoms. The Bertz CT molecular complexity index is 1540. The topological polar surface area (TPSA) is 63.5 Å². The van der Waals surface area contributed by atoms with Gasteiger partial charge in [-0.2, -0.15) is 0 Å². The molecule has 2 fully saturated rings. The first-order valence-electron chi connectivity index (χ1n) is 13.4. The van der Waals surface area contributed by atoms with Gasteiger partial charge in [0, 0.05) is 79.9 Å². The van der Waals surface area contributed by atoms with Gasteiger partial charge in [0.15, 0.2) is 17.1 Å². The van der Waals surface area contributed by atoms with Crippen molar-refractivity contribution in [1.29, 1.82) is 0 Å². The highest BCUT2D eigenvalue weighted by Crippen LogP contribution is 2.39. The van der Waals surface area contributed by atoms with Gasteiger partial charge in [-0.05, 0) is 55.5 Å². The summed E-state index contributed by atoms with van der Waals surface area (Å²) in [5, 5.41) is 0.218. The van der Waals surface area contributed by atoms with E-state index in [-0.39, 0.29) is 22.9 Å². The van der Waals surface area contributed by atoms with Crippen LogP contribution in [0.5, 0.6) is 5.88 Å². The molecular formula is C30H31F2N5O2. The van der Waals surface area contributed by atoms with Crippen LogP contribution in [0.4, 0.5) is 14.5 Å². The maximum Gasteiger partial charge on any atom is 0.213 e. The van der Waals surface area contributed by atoms with E-state index in [4.69, 9.17) is 4.74 Å². The predicted octanol–water partition coefficient (Wildman–Crippen LogP) is 5.08. The first-order chi connectivity index (χ1) is 19.0. The molecule has 202 valence electrons. The van der Waals surface area contributed by atoms with E-state index >= 15 is 0 Å². The van der Waals surface area contributed by atoms with Gasteiger partial charge in [-0.15, -0.1) is 0 Å². The number of hydrogen-bond donors (Lipinski definition) is 0. The summed E-state index contributed by atoms with van der Waals surface area (Å²) in [6.45, 7) is 2.89. The summed E-state index contributed by atoms with van der Waals surface area (Å²) in [6, 6.07) is 12.1. The second kappa shape index (κ2) is 10.7. The van der Waals surface area contributed by atoms with Crippen LogP contribution in [0.3, 0.4) is 0 Å². The fourth-order valence-electron chi connectivity index (χ4n) is 5.72. The van der Waals surface area contributed by atoms with Crippen molar-refractivity contribution in [2.24, 2.45) is 0 Å². The highest BCUT2D eigenvalue weighted by molar-refractivity contribution is 5.80. The molecule has 1 atom stereocenters. The van der Waals surface area contributed by atoms with E-state index < -0.39 is 11.6 Å². The molecule has 39 heavy (non-hydrogen) atoms. The van der Waals surface area contributed by atoms with Gasteiger partial charge < -0.3 is 14.2 Å². The molecule has 1 aromatic carbocycles. The van der Waals surface area contributed by atoms with Gasteiger partial charge in [0.2, 0.25) is 5.88 Å². The van der Waals surface area contributed by atoms with Crippen molar-refractivity contribution in [1.82, 2.24) is 19.4 Å². The molecule has 4 aromatic rings. The smallest absolute Gasteiger partial charge is 0.213 e. The van der Waals surface area contributed by atoms with Crippen molar-refractivity contribution < 1.29 is 13.5 Å². The van der Waals surface area contributed by atoms with Crippen LogP contribution in [0.2, 0.25) is 0 Å². The van der Waals surface area contributed by atoms with Crippen molar-refractivity contribution in [2.75, 3.05) is 25.1 Å². The third-order valence-corrected chi connectivity index (χ3v) is 7.77. The summed E-state index contributed by atoms with van der Waals surface area (Å²) >= 11 is 0. The van der Waals surface area contributed by atoms with Gasteiger partial charge in [-0.3, -0.25) is 14.7 Å². The molecule has 0 unspecified atom stereocenters. The Balaban J connectivity index is 1.39. The number of piperidine rings is 1. The molecule has 1 saturated heterocycles. The molecule has 0 bridgehead atoms. The summed E-state index contributed by atoms with van der Waals surface area (Å²) in [5.74, 6) is -1.39. The zero-order chi connectivity index (χ0) is 26.9. The highest BCUT2D eigenvalue weighted by atomic mass is 19.2. The first-order valence-corrected chi connectivity index (χ1v) is 13.4. The predicted molar refractivity (Wildman–Crippen MR) is 146 cm³/mol. The fourth-order valence-corrected chi connectivity index (χ4v) is 5.72. The third kappa shape index (κ3) is 5.36. The number of hydrogen-bond acceptors (Lipinski definition) is 6. The lowest BCUT2D eigenvalue weighted by atomic mass is 10.0. The summed E-state index contributed by atoms with van der Waals surface area (Å²) in [4.78, 5) is 26.4. The minimum absolute atomic E-state index is 0.175. The molecule has 1 aliphatic carbocycles. The van der Waals surface area contributed by atoms with Crippen LogP contribution in [0.25, 0.3) is 10.9 Å². The van der Waals surface area contributed by atoms with Crippen molar-refractivity contribution in [3.63, 3.8) is 0 Å². The second-order valence-corrected chi connectivity index (χ2v) is 10.4. The molecule has 6 rings (SSSR count). The summed E-state index contributed by atoms with van der Waals surface area (Å²) in [5.41, 5.74) is 3.13. The summed E-state index contributed by atoms with van der Waals surface area (Å²) in [7, 11) is 1.60. The average Bonchev–Trinajstić information content (AvgIpc) is 3.80. The summed E-state index contributed by atoms with van der Waals surface area (Å²) in [6.07, 6.45) is 9.32. The van der Waals surface area contributed by atoms with Gasteiger partial charge in [-0.1, -0.05) is 0 Å². The number of anilines is 1. The number of halogens is 2. The van der Waals surface area contributed by atoms with Crippen molar-refractivity contribution >= 4 is 16.6 Å². The Kier molecular flexibility index (Phi) is 6.99. The normalized spacial score (nSPS) is 17.6. The molecule has 4 heterocycles. The Hall–Kier alpha value is -3.85. The number of benzene rings is 1. The van der Waals surface area contributed by atoms with E-state index in [2.05, 4.69) is 30.4 Å². The van der Waals surface area contributed by atoms with Gasteiger partial charge in [-0.25, -0.2) is 13.8 Å². The lowest BCUT2D eigenvalue weighted by Crippen LogP contribution is -2.47. The molecule has 0 amide bonds. The van der Waals surface area contributed by atoms with E-state index in [0.717, 1.165) is 61.8 Å². The van der Waals surface area contributed by atoms with Crippen LogP contribution in [-0.4, -0.2) is 45.7 Å². The Morgan fingerprint density at radius 2 is 1.90 bits per heavy atom. The number of pyridine rings is 3. The number of aromatic nitrogens is 3. The van der Waals surface area contributed by atoms with Crippen LogP contribution in [0.15, 0.2) is 65.8 Å². The van der Waals surface area contributed by atoms with Gasteiger partial charge >= 0.3 is 0 Å². The minimum Gasteiger partial charge on any atom is -0.481 e. The van der Waals surface area contributed by atoms with Crippen molar-refractivity contribution in [3.8, 4) is 5.88 Å². The van der Waals surface area contributed by atoms with E-state index in [9.17, 15) is 13.6 Å².